The summed E-state index contributed by atoms with van der Waals surface area (Å²) in [5.74, 6) is -0.140. The molecule has 0 amide bonds. The number of hydrogen-bond acceptors (Lipinski definition) is 3. The molecular weight excluding hydrogens is 244 g/mol. The zero-order chi connectivity index (χ0) is 13.8. The van der Waals surface area contributed by atoms with Gasteiger partial charge in [-0.25, -0.2) is 9.78 Å². The van der Waals surface area contributed by atoms with Crippen LogP contribution >= 0.6 is 0 Å². The number of aryl methyl sites for hydroxylation is 3. The summed E-state index contributed by atoms with van der Waals surface area (Å²) >= 11 is 0. The molecule has 0 bridgehead atoms. The van der Waals surface area contributed by atoms with Crippen LogP contribution in [0.1, 0.15) is 21.7 Å². The molecule has 2 rings (SSSR count). The van der Waals surface area contributed by atoms with E-state index >= 15 is 0 Å². The molecule has 0 aliphatic heterocycles. The van der Waals surface area contributed by atoms with E-state index in [4.69, 9.17) is 9.84 Å². The van der Waals surface area contributed by atoms with Crippen LogP contribution in [0.5, 0.6) is 5.75 Å². The van der Waals surface area contributed by atoms with E-state index in [0.717, 1.165) is 17.7 Å². The first-order valence-electron chi connectivity index (χ1n) is 5.99. The van der Waals surface area contributed by atoms with E-state index in [9.17, 15) is 4.79 Å². The molecule has 1 N–H and O–H groups in total. The summed E-state index contributed by atoms with van der Waals surface area (Å²) < 4.78 is 6.82. The lowest BCUT2D eigenvalue weighted by atomic mass is 10.1. The number of methoxy groups -OCH3 is 1. The minimum absolute atomic E-state index is 0.253. The quantitative estimate of drug-likeness (QED) is 0.894. The van der Waals surface area contributed by atoms with Gasteiger partial charge in [0.25, 0.3) is 0 Å². The number of aromatic carboxylic acids is 1. The van der Waals surface area contributed by atoms with Crippen LogP contribution < -0.4 is 4.74 Å². The predicted molar refractivity (Wildman–Crippen MR) is 70.6 cm³/mol. The van der Waals surface area contributed by atoms with Gasteiger partial charge in [-0.2, -0.15) is 0 Å². The normalized spacial score (nSPS) is 10.4. The Labute approximate surface area is 111 Å². The number of carboxylic acid groups (broad SMARTS) is 1. The van der Waals surface area contributed by atoms with E-state index in [1.807, 2.05) is 24.3 Å². The van der Waals surface area contributed by atoms with Crippen LogP contribution in [-0.4, -0.2) is 27.7 Å². The number of carboxylic acids is 1. The Morgan fingerprint density at radius 1 is 1.47 bits per heavy atom. The van der Waals surface area contributed by atoms with Crippen LogP contribution in [0, 0.1) is 6.92 Å². The second-order valence-electron chi connectivity index (χ2n) is 4.28. The Hall–Kier alpha value is -2.30. The second kappa shape index (κ2) is 5.56. The monoisotopic (exact) mass is 260 g/mol. The fourth-order valence-electron chi connectivity index (χ4n) is 2.01. The van der Waals surface area contributed by atoms with E-state index in [1.165, 1.54) is 0 Å². The van der Waals surface area contributed by atoms with Crippen molar-refractivity contribution in [3.8, 4) is 5.75 Å². The van der Waals surface area contributed by atoms with E-state index in [0.29, 0.717) is 12.2 Å². The number of hydrogen-bond donors (Lipinski definition) is 1. The van der Waals surface area contributed by atoms with Gasteiger partial charge in [0, 0.05) is 6.54 Å². The first-order valence-corrected chi connectivity index (χ1v) is 5.99. The van der Waals surface area contributed by atoms with Crippen LogP contribution in [-0.2, 0) is 13.0 Å². The number of ether oxygens (including phenoxy) is 1. The van der Waals surface area contributed by atoms with E-state index < -0.39 is 5.97 Å². The molecule has 0 fully saturated rings. The maximum Gasteiger partial charge on any atom is 0.354 e. The third-order valence-electron chi connectivity index (χ3n) is 3.00. The Bertz CT molecular complexity index is 590. The molecule has 0 unspecified atom stereocenters. The van der Waals surface area contributed by atoms with Crippen molar-refractivity contribution in [3.63, 3.8) is 0 Å². The number of nitrogens with zero attached hydrogens (tertiary/aromatic N) is 2. The average molecular weight is 260 g/mol. The van der Waals surface area contributed by atoms with Gasteiger partial charge in [-0.3, -0.25) is 0 Å². The van der Waals surface area contributed by atoms with Crippen LogP contribution in [0.4, 0.5) is 0 Å². The van der Waals surface area contributed by atoms with Gasteiger partial charge in [-0.1, -0.05) is 12.1 Å². The highest BCUT2D eigenvalue weighted by atomic mass is 16.5. The Balaban J connectivity index is 2.12. The smallest absolute Gasteiger partial charge is 0.354 e. The summed E-state index contributed by atoms with van der Waals surface area (Å²) in [4.78, 5) is 15.2. The standard InChI is InChI=1S/C14H16N2O3/c1-10-13(14(17)18)16(9-15-10)7-6-11-4-3-5-12(8-11)19-2/h3-5,8-9H,6-7H2,1-2H3,(H,17,18). The molecule has 5 nitrogen and oxygen atoms in total. The summed E-state index contributed by atoms with van der Waals surface area (Å²) in [6.45, 7) is 2.28. The molecule has 1 heterocycles. The van der Waals surface area contributed by atoms with Gasteiger partial charge in [0.05, 0.1) is 19.1 Å². The lowest BCUT2D eigenvalue weighted by Gasteiger charge is -2.07. The third-order valence-corrected chi connectivity index (χ3v) is 3.00. The van der Waals surface area contributed by atoms with E-state index in [1.54, 1.807) is 24.9 Å². The first kappa shape index (κ1) is 13.1. The number of carbonyl (C=O) groups is 1. The SMILES string of the molecule is COc1cccc(CCn2cnc(C)c2C(=O)O)c1. The van der Waals surface area contributed by atoms with Crippen LogP contribution in [0.2, 0.25) is 0 Å². The first-order chi connectivity index (χ1) is 9.11. The van der Waals surface area contributed by atoms with Gasteiger partial charge in [0.1, 0.15) is 11.4 Å². The summed E-state index contributed by atoms with van der Waals surface area (Å²) in [6, 6.07) is 7.75. The topological polar surface area (TPSA) is 64.4 Å². The summed E-state index contributed by atoms with van der Waals surface area (Å²) in [5, 5.41) is 9.13. The van der Waals surface area contributed by atoms with Crippen molar-refractivity contribution < 1.29 is 14.6 Å². The van der Waals surface area contributed by atoms with Crippen molar-refractivity contribution >= 4 is 5.97 Å². The molecule has 5 heteroatoms. The fraction of sp³-hybridized carbons (Fsp3) is 0.286. The minimum atomic E-state index is -0.944. The minimum Gasteiger partial charge on any atom is -0.497 e. The van der Waals surface area contributed by atoms with Gasteiger partial charge in [-0.15, -0.1) is 0 Å². The van der Waals surface area contributed by atoms with Crippen molar-refractivity contribution in [1.82, 2.24) is 9.55 Å². The van der Waals surface area contributed by atoms with Gasteiger partial charge in [-0.05, 0) is 31.0 Å². The highest BCUT2D eigenvalue weighted by molar-refractivity contribution is 5.86. The zero-order valence-corrected chi connectivity index (χ0v) is 11.0. The van der Waals surface area contributed by atoms with Crippen LogP contribution in [0.25, 0.3) is 0 Å². The molecule has 0 aliphatic rings. The van der Waals surface area contributed by atoms with Crippen LogP contribution in [0.15, 0.2) is 30.6 Å². The number of imidazole rings is 1. The Morgan fingerprint density at radius 3 is 2.95 bits per heavy atom. The van der Waals surface area contributed by atoms with Gasteiger partial charge in [0.2, 0.25) is 0 Å². The third kappa shape index (κ3) is 2.93. The second-order valence-corrected chi connectivity index (χ2v) is 4.28. The molecular formula is C14H16N2O3. The predicted octanol–water partition coefficient (Wildman–Crippen LogP) is 2.14. The summed E-state index contributed by atoms with van der Waals surface area (Å²) in [5.41, 5.74) is 1.89. The summed E-state index contributed by atoms with van der Waals surface area (Å²) in [6.07, 6.45) is 2.30. The maximum atomic E-state index is 11.1. The fourth-order valence-corrected chi connectivity index (χ4v) is 2.01. The van der Waals surface area contributed by atoms with E-state index in [2.05, 4.69) is 4.98 Å². The van der Waals surface area contributed by atoms with Crippen molar-refractivity contribution in [2.75, 3.05) is 7.11 Å². The van der Waals surface area contributed by atoms with Crippen molar-refractivity contribution in [3.05, 3.63) is 47.5 Å². The largest absolute Gasteiger partial charge is 0.497 e. The molecule has 0 radical (unpaired) electrons. The van der Waals surface area contributed by atoms with E-state index in [-0.39, 0.29) is 5.69 Å². The lowest BCUT2D eigenvalue weighted by molar-refractivity contribution is 0.0684. The Morgan fingerprint density at radius 2 is 2.26 bits per heavy atom. The van der Waals surface area contributed by atoms with Crippen molar-refractivity contribution in [2.24, 2.45) is 0 Å². The number of aromatic nitrogens is 2. The molecule has 0 spiro atoms. The zero-order valence-electron chi connectivity index (χ0n) is 11.0. The highest BCUT2D eigenvalue weighted by Crippen LogP contribution is 2.14. The van der Waals surface area contributed by atoms with Crippen molar-refractivity contribution in [2.45, 2.75) is 19.9 Å². The van der Waals surface area contributed by atoms with Gasteiger partial charge < -0.3 is 14.4 Å². The maximum absolute atomic E-state index is 11.1. The molecule has 0 saturated heterocycles. The molecule has 100 valence electrons. The average Bonchev–Trinajstić information content (AvgIpc) is 2.78. The van der Waals surface area contributed by atoms with Crippen molar-refractivity contribution in [1.29, 1.82) is 0 Å². The number of rotatable bonds is 5. The molecule has 19 heavy (non-hydrogen) atoms. The molecule has 0 saturated carbocycles. The molecule has 1 aromatic carbocycles. The summed E-state index contributed by atoms with van der Waals surface area (Å²) in [7, 11) is 1.63. The van der Waals surface area contributed by atoms with Gasteiger partial charge >= 0.3 is 5.97 Å². The molecule has 0 atom stereocenters. The molecule has 1 aromatic heterocycles. The lowest BCUT2D eigenvalue weighted by Crippen LogP contribution is -2.10. The highest BCUT2D eigenvalue weighted by Gasteiger charge is 2.14. The number of benzene rings is 1. The Kier molecular flexibility index (Phi) is 3.85. The van der Waals surface area contributed by atoms with Crippen LogP contribution in [0.3, 0.4) is 0 Å². The molecule has 0 aliphatic carbocycles. The molecule has 2 aromatic rings. The van der Waals surface area contributed by atoms with Gasteiger partial charge in [0.15, 0.2) is 0 Å².